The van der Waals surface area contributed by atoms with Crippen LogP contribution in [0.5, 0.6) is 5.75 Å². The van der Waals surface area contributed by atoms with Crippen LogP contribution in [0, 0.1) is 11.7 Å². The highest BCUT2D eigenvalue weighted by molar-refractivity contribution is 9.10. The Balaban J connectivity index is 0.00000423. The van der Waals surface area contributed by atoms with Crippen molar-refractivity contribution in [3.05, 3.63) is 100 Å². The van der Waals surface area contributed by atoms with Gasteiger partial charge in [0.15, 0.2) is 0 Å². The summed E-state index contributed by atoms with van der Waals surface area (Å²) in [5.74, 6) is -2.57. The minimum absolute atomic E-state index is 0. The van der Waals surface area contributed by atoms with E-state index in [0.717, 1.165) is 20.8 Å². The first-order valence-corrected chi connectivity index (χ1v) is 14.1. The number of hydrogen-bond acceptors (Lipinski definition) is 5. The number of hydrogen-bond donors (Lipinski definition) is 2. The van der Waals surface area contributed by atoms with E-state index in [4.69, 9.17) is 10.5 Å². The van der Waals surface area contributed by atoms with Crippen LogP contribution in [0.15, 0.2) is 83.3 Å². The summed E-state index contributed by atoms with van der Waals surface area (Å²) in [5.41, 5.74) is 6.28. The maximum Gasteiger partial charge on any atom is 0.258 e. The van der Waals surface area contributed by atoms with E-state index in [1.165, 1.54) is 29.2 Å². The quantitative estimate of drug-likeness (QED) is 0.273. The van der Waals surface area contributed by atoms with Gasteiger partial charge >= 0.3 is 0 Å². The third-order valence-corrected chi connectivity index (χ3v) is 8.76. The van der Waals surface area contributed by atoms with E-state index >= 15 is 0 Å². The fraction of sp³-hybridized carbons (Fsp3) is 0.219. The molecule has 0 spiro atoms. The molecule has 5 rings (SSSR count). The zero-order valence-corrected chi connectivity index (χ0v) is 26.2. The summed E-state index contributed by atoms with van der Waals surface area (Å²) in [7, 11) is 3.12. The molecule has 0 saturated heterocycles. The second-order valence-electron chi connectivity index (χ2n) is 10.3. The zero-order chi connectivity index (χ0) is 30.2. The first-order valence-electron chi connectivity index (χ1n) is 13.3. The van der Waals surface area contributed by atoms with Crippen LogP contribution < -0.4 is 25.6 Å². The average molecular weight is 670 g/mol. The molecular formula is C32H31BrClFN4O4. The summed E-state index contributed by atoms with van der Waals surface area (Å²) < 4.78 is 20.3. The predicted molar refractivity (Wildman–Crippen MR) is 171 cm³/mol. The molecule has 43 heavy (non-hydrogen) atoms. The van der Waals surface area contributed by atoms with Crippen LogP contribution in [-0.4, -0.2) is 44.0 Å². The molecule has 3 amide bonds. The molecule has 8 nitrogen and oxygen atoms in total. The van der Waals surface area contributed by atoms with Gasteiger partial charge in [0.2, 0.25) is 11.8 Å². The molecule has 2 atom stereocenters. The van der Waals surface area contributed by atoms with Gasteiger partial charge in [-0.25, -0.2) is 4.39 Å². The van der Waals surface area contributed by atoms with Crippen molar-refractivity contribution in [1.29, 1.82) is 0 Å². The fourth-order valence-electron chi connectivity index (χ4n) is 5.46. The van der Waals surface area contributed by atoms with Gasteiger partial charge in [0, 0.05) is 22.1 Å². The van der Waals surface area contributed by atoms with E-state index < -0.39 is 35.0 Å². The van der Waals surface area contributed by atoms with Crippen molar-refractivity contribution in [3.63, 3.8) is 0 Å². The van der Waals surface area contributed by atoms with Crippen molar-refractivity contribution in [3.8, 4) is 5.75 Å². The number of rotatable bonds is 7. The van der Waals surface area contributed by atoms with Crippen LogP contribution >= 0.6 is 28.3 Å². The number of nitrogens with two attached hydrogens (primary N) is 1. The van der Waals surface area contributed by atoms with Gasteiger partial charge in [0.1, 0.15) is 17.1 Å². The molecule has 0 aliphatic carbocycles. The van der Waals surface area contributed by atoms with Crippen LogP contribution in [0.25, 0.3) is 10.8 Å². The highest BCUT2D eigenvalue weighted by Gasteiger charge is 2.48. The summed E-state index contributed by atoms with van der Waals surface area (Å²) >= 11 is 3.62. The van der Waals surface area contributed by atoms with E-state index in [-0.39, 0.29) is 31.1 Å². The SMILES string of the molecule is CNC(C)(C(N)=O)[C@@H]1CN(C(=O)c2ccc(F)cc2)c2ccccc2N(Cc2c(OC)ccc3c(Br)cccc23)C1=O.Cl. The van der Waals surface area contributed by atoms with Crippen molar-refractivity contribution in [1.82, 2.24) is 5.32 Å². The van der Waals surface area contributed by atoms with Gasteiger partial charge < -0.3 is 25.6 Å². The second-order valence-corrected chi connectivity index (χ2v) is 11.1. The van der Waals surface area contributed by atoms with E-state index in [0.29, 0.717) is 17.1 Å². The smallest absolute Gasteiger partial charge is 0.258 e. The largest absolute Gasteiger partial charge is 0.496 e. The molecule has 0 aromatic heterocycles. The number of nitrogens with one attached hydrogen (secondary N) is 1. The average Bonchev–Trinajstić information content (AvgIpc) is 3.11. The Kier molecular flexibility index (Phi) is 9.44. The molecule has 0 saturated carbocycles. The second kappa shape index (κ2) is 12.7. The van der Waals surface area contributed by atoms with E-state index in [2.05, 4.69) is 21.2 Å². The number of carbonyl (C=O) groups is 3. The lowest BCUT2D eigenvalue weighted by atomic mass is 9.83. The van der Waals surface area contributed by atoms with Gasteiger partial charge in [-0.3, -0.25) is 14.4 Å². The number of para-hydroxylation sites is 2. The fourth-order valence-corrected chi connectivity index (χ4v) is 5.96. The van der Waals surface area contributed by atoms with Crippen molar-refractivity contribution in [2.45, 2.75) is 19.0 Å². The minimum atomic E-state index is -1.51. The molecule has 0 radical (unpaired) electrons. The Bertz CT molecular complexity index is 1700. The summed E-state index contributed by atoms with van der Waals surface area (Å²) in [6, 6.07) is 21.8. The van der Waals surface area contributed by atoms with Crippen LogP contribution in [0.4, 0.5) is 15.8 Å². The Labute approximate surface area is 263 Å². The predicted octanol–water partition coefficient (Wildman–Crippen LogP) is 5.45. The number of carbonyl (C=O) groups excluding carboxylic acids is 3. The number of fused-ring (bicyclic) bond motifs is 2. The number of anilines is 2. The number of methoxy groups -OCH3 is 1. The van der Waals surface area contributed by atoms with Crippen molar-refractivity contribution >= 4 is 68.2 Å². The van der Waals surface area contributed by atoms with Crippen LogP contribution in [-0.2, 0) is 16.1 Å². The number of primary amides is 1. The Morgan fingerprint density at radius 1 is 1.02 bits per heavy atom. The minimum Gasteiger partial charge on any atom is -0.496 e. The number of amides is 3. The van der Waals surface area contributed by atoms with Crippen LogP contribution in [0.1, 0.15) is 22.8 Å². The van der Waals surface area contributed by atoms with E-state index in [1.54, 1.807) is 50.2 Å². The lowest BCUT2D eigenvalue weighted by Gasteiger charge is -2.36. The third-order valence-electron chi connectivity index (χ3n) is 8.07. The first kappa shape index (κ1) is 31.9. The normalized spacial score (nSPS) is 16.1. The van der Waals surface area contributed by atoms with Crippen molar-refractivity contribution < 1.29 is 23.5 Å². The third kappa shape index (κ3) is 5.70. The van der Waals surface area contributed by atoms with Crippen LogP contribution in [0.3, 0.4) is 0 Å². The number of benzene rings is 4. The Morgan fingerprint density at radius 2 is 1.70 bits per heavy atom. The molecule has 224 valence electrons. The van der Waals surface area contributed by atoms with Gasteiger partial charge in [-0.05, 0) is 79.3 Å². The number of ether oxygens (including phenoxy) is 1. The van der Waals surface area contributed by atoms with E-state index in [1.807, 2.05) is 30.3 Å². The van der Waals surface area contributed by atoms with Crippen molar-refractivity contribution in [2.24, 2.45) is 11.7 Å². The van der Waals surface area contributed by atoms with Gasteiger partial charge in [0.25, 0.3) is 5.91 Å². The van der Waals surface area contributed by atoms with E-state index in [9.17, 15) is 18.8 Å². The number of nitrogens with zero attached hydrogens (tertiary/aromatic N) is 2. The van der Waals surface area contributed by atoms with Crippen molar-refractivity contribution in [2.75, 3.05) is 30.5 Å². The molecule has 0 fully saturated rings. The zero-order valence-electron chi connectivity index (χ0n) is 23.8. The maximum atomic E-state index is 14.6. The number of halogens is 3. The molecule has 11 heteroatoms. The van der Waals surface area contributed by atoms with Gasteiger partial charge in [0.05, 0.1) is 30.9 Å². The van der Waals surface area contributed by atoms with Gasteiger partial charge in [-0.1, -0.05) is 40.2 Å². The molecule has 1 unspecified atom stereocenters. The summed E-state index contributed by atoms with van der Waals surface area (Å²) in [6.07, 6.45) is 0. The first-order chi connectivity index (χ1) is 20.1. The molecule has 1 aliphatic heterocycles. The maximum absolute atomic E-state index is 14.6. The Morgan fingerprint density at radius 3 is 2.33 bits per heavy atom. The molecule has 4 aromatic carbocycles. The van der Waals surface area contributed by atoms with Gasteiger partial charge in [-0.2, -0.15) is 0 Å². The molecule has 4 aromatic rings. The highest BCUT2D eigenvalue weighted by Crippen LogP contribution is 2.41. The number of likely N-dealkylation sites (N-methyl/N-ethyl adjacent to an activating group) is 1. The van der Waals surface area contributed by atoms with Gasteiger partial charge in [-0.15, -0.1) is 12.4 Å². The highest BCUT2D eigenvalue weighted by atomic mass is 79.9. The standard InChI is InChI=1S/C32H30BrFN4O4.ClH/c1-32(36-2,31(35)41)24-18-38(29(39)19-11-13-20(34)14-12-19)27-10-5-4-9-26(27)37(30(24)40)17-23-21-7-6-8-25(33)22(21)15-16-28(23)42-3;/h4-16,24,36H,17-18H2,1-3H3,(H2,35,41);1H/t24-,32?;/m1./s1. The summed E-state index contributed by atoms with van der Waals surface area (Å²) in [5, 5.41) is 4.75. The molecule has 0 bridgehead atoms. The molecule has 3 N–H and O–H groups in total. The monoisotopic (exact) mass is 668 g/mol. The molecule has 1 aliphatic rings. The molecule has 1 heterocycles. The summed E-state index contributed by atoms with van der Waals surface area (Å²) in [6.45, 7) is 1.49. The topological polar surface area (TPSA) is 105 Å². The lowest BCUT2D eigenvalue weighted by Crippen LogP contribution is -2.63. The molecular weight excluding hydrogens is 639 g/mol. The van der Waals surface area contributed by atoms with Crippen LogP contribution in [0.2, 0.25) is 0 Å². The Hall–Kier alpha value is -3.99. The summed E-state index contributed by atoms with van der Waals surface area (Å²) in [4.78, 5) is 44.5. The lowest BCUT2D eigenvalue weighted by molar-refractivity contribution is -0.133.